The third-order valence-electron chi connectivity index (χ3n) is 4.52. The molecule has 3 rings (SSSR count). The van der Waals surface area contributed by atoms with Gasteiger partial charge in [0.15, 0.2) is 7.87 Å². The molecule has 1 aliphatic rings. The standard InChI is InChI=1S/C19H24NO2P/c1-16-13-14-20(2)23(21,22-16)19(18-11-7-4-8-12-18)15-17-9-5-3-6-10-17/h3-12,16,19H,13-15H2,1-2H3/t16-,19+,23?/m0/s1. The van der Waals surface area contributed by atoms with Crippen LogP contribution in [0.15, 0.2) is 60.7 Å². The Morgan fingerprint density at radius 3 is 2.39 bits per heavy atom. The van der Waals surface area contributed by atoms with Crippen molar-refractivity contribution in [1.29, 1.82) is 0 Å². The molecule has 4 heteroatoms. The van der Waals surface area contributed by atoms with Crippen LogP contribution in [0.3, 0.4) is 0 Å². The predicted molar refractivity (Wildman–Crippen MR) is 94.0 cm³/mol. The van der Waals surface area contributed by atoms with E-state index in [9.17, 15) is 4.89 Å². The molecule has 0 N–H and O–H groups in total. The van der Waals surface area contributed by atoms with Gasteiger partial charge in [-0.1, -0.05) is 60.7 Å². The second-order valence-electron chi connectivity index (χ2n) is 6.27. The van der Waals surface area contributed by atoms with Gasteiger partial charge in [0.05, 0.1) is 0 Å². The Morgan fingerprint density at radius 1 is 1.13 bits per heavy atom. The van der Waals surface area contributed by atoms with Gasteiger partial charge in [-0.25, -0.2) is 4.52 Å². The van der Waals surface area contributed by atoms with Crippen LogP contribution in [0.2, 0.25) is 0 Å². The van der Waals surface area contributed by atoms with E-state index in [1.807, 2.05) is 55.0 Å². The highest BCUT2D eigenvalue weighted by Crippen LogP contribution is 2.68. The summed E-state index contributed by atoms with van der Waals surface area (Å²) in [5.74, 6) is 0. The molecule has 2 aromatic carbocycles. The Morgan fingerprint density at radius 2 is 1.74 bits per heavy atom. The summed E-state index contributed by atoms with van der Waals surface area (Å²) in [6.45, 7) is 2.83. The molecule has 0 radical (unpaired) electrons. The van der Waals surface area contributed by atoms with Crippen LogP contribution < -0.4 is 4.89 Å². The van der Waals surface area contributed by atoms with Crippen molar-refractivity contribution in [3.63, 3.8) is 0 Å². The van der Waals surface area contributed by atoms with E-state index in [1.165, 1.54) is 5.56 Å². The third-order valence-corrected chi connectivity index (χ3v) is 7.60. The molecule has 0 amide bonds. The molecule has 0 saturated carbocycles. The van der Waals surface area contributed by atoms with Gasteiger partial charge in [-0.3, -0.25) is 0 Å². The van der Waals surface area contributed by atoms with E-state index in [4.69, 9.17) is 4.52 Å². The fourth-order valence-electron chi connectivity index (χ4n) is 3.14. The Labute approximate surface area is 139 Å². The fourth-order valence-corrected chi connectivity index (χ4v) is 5.93. The SMILES string of the molecule is C[C@H]1CCN(C)[P+]([O-])([C@H](Cc2ccccc2)c2ccccc2)O1. The Kier molecular flexibility index (Phi) is 5.13. The van der Waals surface area contributed by atoms with Crippen molar-refractivity contribution >= 4 is 7.87 Å². The summed E-state index contributed by atoms with van der Waals surface area (Å²) < 4.78 is 7.99. The summed E-state index contributed by atoms with van der Waals surface area (Å²) in [4.78, 5) is 13.8. The monoisotopic (exact) mass is 329 g/mol. The fraction of sp³-hybridized carbons (Fsp3) is 0.368. The minimum atomic E-state index is -2.92. The van der Waals surface area contributed by atoms with Crippen LogP contribution in [-0.4, -0.2) is 24.4 Å². The summed E-state index contributed by atoms with van der Waals surface area (Å²) in [6, 6.07) is 20.4. The lowest BCUT2D eigenvalue weighted by atomic mass is 10.0. The van der Waals surface area contributed by atoms with Gasteiger partial charge in [0.25, 0.3) is 0 Å². The third kappa shape index (κ3) is 3.64. The number of hydrogen-bond acceptors (Lipinski definition) is 3. The lowest BCUT2D eigenvalue weighted by Gasteiger charge is -2.46. The van der Waals surface area contributed by atoms with Crippen molar-refractivity contribution in [1.82, 2.24) is 4.67 Å². The largest absolute Gasteiger partial charge is 0.641 e. The van der Waals surface area contributed by atoms with Crippen LogP contribution in [0.25, 0.3) is 0 Å². The van der Waals surface area contributed by atoms with Crippen molar-refractivity contribution in [2.75, 3.05) is 13.6 Å². The van der Waals surface area contributed by atoms with E-state index in [0.717, 1.165) is 24.9 Å². The van der Waals surface area contributed by atoms with Gasteiger partial charge >= 0.3 is 0 Å². The molecule has 1 heterocycles. The van der Waals surface area contributed by atoms with E-state index in [2.05, 4.69) is 24.3 Å². The molecule has 2 aromatic rings. The highest BCUT2D eigenvalue weighted by molar-refractivity contribution is 7.62. The maximum atomic E-state index is 13.8. The first-order valence-corrected chi connectivity index (χ1v) is 9.83. The van der Waals surface area contributed by atoms with Gasteiger partial charge in [-0.15, -0.1) is 0 Å². The first-order chi connectivity index (χ1) is 11.1. The highest BCUT2D eigenvalue weighted by Gasteiger charge is 2.47. The van der Waals surface area contributed by atoms with Crippen LogP contribution in [0.4, 0.5) is 0 Å². The molecule has 3 nitrogen and oxygen atoms in total. The number of rotatable bonds is 4. The zero-order chi connectivity index (χ0) is 16.3. The molecule has 122 valence electrons. The van der Waals surface area contributed by atoms with Crippen molar-refractivity contribution < 1.29 is 9.42 Å². The average molecular weight is 329 g/mol. The van der Waals surface area contributed by atoms with Crippen molar-refractivity contribution in [2.45, 2.75) is 31.5 Å². The molecule has 0 bridgehead atoms. The Hall–Kier alpha value is -1.25. The van der Waals surface area contributed by atoms with E-state index < -0.39 is 7.87 Å². The first-order valence-electron chi connectivity index (χ1n) is 8.18. The van der Waals surface area contributed by atoms with Gasteiger partial charge in [0.2, 0.25) is 0 Å². The number of nitrogens with zero attached hydrogens (tertiary/aromatic N) is 1. The van der Waals surface area contributed by atoms with Gasteiger partial charge < -0.3 is 4.89 Å². The van der Waals surface area contributed by atoms with Gasteiger partial charge in [-0.2, -0.15) is 4.67 Å². The molecular weight excluding hydrogens is 305 g/mol. The average Bonchev–Trinajstić information content (AvgIpc) is 2.58. The molecule has 3 atom stereocenters. The van der Waals surface area contributed by atoms with Crippen molar-refractivity contribution in [3.05, 3.63) is 71.8 Å². The second-order valence-corrected chi connectivity index (χ2v) is 8.91. The molecule has 0 aliphatic carbocycles. The predicted octanol–water partition coefficient (Wildman–Crippen LogP) is 3.83. The highest BCUT2D eigenvalue weighted by atomic mass is 31.2. The summed E-state index contributed by atoms with van der Waals surface area (Å²) in [5.41, 5.74) is 2.13. The normalized spacial score (nSPS) is 26.8. The molecule has 1 saturated heterocycles. The van der Waals surface area contributed by atoms with Crippen LogP contribution in [-0.2, 0) is 10.9 Å². The van der Waals surface area contributed by atoms with E-state index in [1.54, 1.807) is 0 Å². The van der Waals surface area contributed by atoms with Crippen LogP contribution >= 0.6 is 7.87 Å². The molecule has 1 fully saturated rings. The smallest absolute Gasteiger partial charge is 0.181 e. The van der Waals surface area contributed by atoms with Crippen LogP contribution in [0, 0.1) is 0 Å². The summed E-state index contributed by atoms with van der Waals surface area (Å²) in [5, 5.41) is 0. The number of hydrogen-bond donors (Lipinski definition) is 0. The van der Waals surface area contributed by atoms with Crippen molar-refractivity contribution in [3.8, 4) is 0 Å². The summed E-state index contributed by atoms with van der Waals surface area (Å²) >= 11 is 0. The first kappa shape index (κ1) is 16.6. The Bertz CT molecular complexity index is 622. The molecule has 1 unspecified atom stereocenters. The lowest BCUT2D eigenvalue weighted by Crippen LogP contribution is -2.41. The van der Waals surface area contributed by atoms with E-state index in [0.29, 0.717) is 0 Å². The van der Waals surface area contributed by atoms with Gasteiger partial charge in [0, 0.05) is 20.0 Å². The molecular formula is C19H24NO2P. The number of benzene rings is 2. The van der Waals surface area contributed by atoms with Crippen LogP contribution in [0.5, 0.6) is 0 Å². The quantitative estimate of drug-likeness (QED) is 0.800. The molecule has 23 heavy (non-hydrogen) atoms. The summed E-state index contributed by atoms with van der Waals surface area (Å²) in [7, 11) is -1.00. The van der Waals surface area contributed by atoms with Gasteiger partial charge in [-0.05, 0) is 24.5 Å². The van der Waals surface area contributed by atoms with E-state index >= 15 is 0 Å². The Balaban J connectivity index is 1.97. The lowest BCUT2D eigenvalue weighted by molar-refractivity contribution is -0.217. The molecule has 0 aromatic heterocycles. The van der Waals surface area contributed by atoms with Gasteiger partial charge in [0.1, 0.15) is 11.8 Å². The minimum absolute atomic E-state index is 0.0408. The minimum Gasteiger partial charge on any atom is -0.641 e. The second kappa shape index (κ2) is 7.11. The zero-order valence-electron chi connectivity index (χ0n) is 13.8. The topological polar surface area (TPSA) is 35.5 Å². The molecule has 1 aliphatic heterocycles. The zero-order valence-corrected chi connectivity index (χ0v) is 14.7. The summed E-state index contributed by atoms with van der Waals surface area (Å²) in [6.07, 6.45) is 1.69. The van der Waals surface area contributed by atoms with Crippen LogP contribution in [0.1, 0.15) is 30.1 Å². The maximum absolute atomic E-state index is 13.8. The van der Waals surface area contributed by atoms with Crippen molar-refractivity contribution in [2.24, 2.45) is 0 Å². The molecule has 0 spiro atoms. The maximum Gasteiger partial charge on any atom is 0.181 e. The van der Waals surface area contributed by atoms with E-state index in [-0.39, 0.29) is 11.8 Å².